The molecule has 2 aliphatic heterocycles. The molecule has 1 atom stereocenters. The van der Waals surface area contributed by atoms with Gasteiger partial charge in [0.1, 0.15) is 4.90 Å². The first-order chi connectivity index (χ1) is 12.4. The molecule has 0 spiro atoms. The van der Waals surface area contributed by atoms with E-state index in [1.807, 2.05) is 4.90 Å². The Bertz CT molecular complexity index is 995. The van der Waals surface area contributed by atoms with Crippen molar-refractivity contribution in [3.05, 3.63) is 42.1 Å². The van der Waals surface area contributed by atoms with Crippen LogP contribution < -0.4 is 5.32 Å². The van der Waals surface area contributed by atoms with Gasteiger partial charge in [0.05, 0.1) is 5.92 Å². The van der Waals surface area contributed by atoms with Gasteiger partial charge in [0.25, 0.3) is 10.0 Å². The van der Waals surface area contributed by atoms with Gasteiger partial charge in [0, 0.05) is 38.0 Å². The fourth-order valence-corrected chi connectivity index (χ4v) is 4.64. The highest BCUT2D eigenvalue weighted by Gasteiger charge is 2.35. The van der Waals surface area contributed by atoms with Crippen LogP contribution in [0.15, 0.2) is 45.8 Å². The number of nitrogens with one attached hydrogen (secondary N) is 1. The van der Waals surface area contributed by atoms with Gasteiger partial charge in [-0.15, -0.1) is 4.40 Å². The lowest BCUT2D eigenvalue weighted by Crippen LogP contribution is -2.43. The van der Waals surface area contributed by atoms with Crippen LogP contribution >= 0.6 is 0 Å². The second-order valence-electron chi connectivity index (χ2n) is 6.54. The van der Waals surface area contributed by atoms with E-state index in [9.17, 15) is 13.2 Å². The number of carbonyl (C=O) groups excluding carboxylic acids is 1. The van der Waals surface area contributed by atoms with E-state index in [1.54, 1.807) is 48.3 Å². The van der Waals surface area contributed by atoms with Crippen molar-refractivity contribution in [2.45, 2.75) is 17.7 Å². The van der Waals surface area contributed by atoms with Crippen molar-refractivity contribution in [3.63, 3.8) is 0 Å². The van der Waals surface area contributed by atoms with Crippen molar-refractivity contribution in [1.29, 1.82) is 0 Å². The Morgan fingerprint density at radius 1 is 1.27 bits per heavy atom. The molecule has 0 unspecified atom stereocenters. The standard InChI is InChI=1S/C17H19N5O3S/c1-21-10-8-15(19-21)18-17(23)12-5-4-9-22(11-12)16-13-6-2-3-7-14(13)26(24,25)20-16/h2-3,6-8,10,12H,4-5,9,11H2,1H3,(H,18,19,23)/t12-/m1/s1. The zero-order chi connectivity index (χ0) is 18.3. The number of hydrogen-bond donors (Lipinski definition) is 1. The summed E-state index contributed by atoms with van der Waals surface area (Å²) in [5.74, 6) is 0.601. The molecule has 2 aliphatic rings. The number of amides is 1. The van der Waals surface area contributed by atoms with E-state index < -0.39 is 10.0 Å². The Morgan fingerprint density at radius 2 is 2.08 bits per heavy atom. The first-order valence-corrected chi connectivity index (χ1v) is 9.88. The molecule has 0 radical (unpaired) electrons. The Hall–Kier alpha value is -2.68. The molecule has 3 heterocycles. The Labute approximate surface area is 151 Å². The number of aromatic nitrogens is 2. The second kappa shape index (κ2) is 6.24. The maximum atomic E-state index is 12.6. The second-order valence-corrected chi connectivity index (χ2v) is 8.11. The number of sulfonamides is 1. The summed E-state index contributed by atoms with van der Waals surface area (Å²) in [6, 6.07) is 8.55. The van der Waals surface area contributed by atoms with E-state index in [2.05, 4.69) is 14.8 Å². The first kappa shape index (κ1) is 16.8. The van der Waals surface area contributed by atoms with Gasteiger partial charge < -0.3 is 10.2 Å². The third-order valence-electron chi connectivity index (χ3n) is 4.67. The van der Waals surface area contributed by atoms with Crippen molar-refractivity contribution in [1.82, 2.24) is 14.7 Å². The molecule has 8 nitrogen and oxygen atoms in total. The van der Waals surface area contributed by atoms with Crippen LogP contribution in [0.3, 0.4) is 0 Å². The van der Waals surface area contributed by atoms with Crippen molar-refractivity contribution < 1.29 is 13.2 Å². The van der Waals surface area contributed by atoms with Gasteiger partial charge >= 0.3 is 0 Å². The van der Waals surface area contributed by atoms with Gasteiger partial charge in [0.2, 0.25) is 5.91 Å². The lowest BCUT2D eigenvalue weighted by atomic mass is 9.96. The molecule has 1 amide bonds. The average Bonchev–Trinajstić information content (AvgIpc) is 3.16. The van der Waals surface area contributed by atoms with E-state index in [4.69, 9.17) is 0 Å². The number of amidine groups is 1. The van der Waals surface area contributed by atoms with Gasteiger partial charge in [-0.25, -0.2) is 0 Å². The summed E-state index contributed by atoms with van der Waals surface area (Å²) in [5.41, 5.74) is 0.610. The fourth-order valence-electron chi connectivity index (χ4n) is 3.41. The molecule has 26 heavy (non-hydrogen) atoms. The number of hydrogen-bond acceptors (Lipinski definition) is 5. The van der Waals surface area contributed by atoms with E-state index in [0.717, 1.165) is 12.8 Å². The summed E-state index contributed by atoms with van der Waals surface area (Å²) < 4.78 is 30.1. The van der Waals surface area contributed by atoms with Crippen LogP contribution in [-0.4, -0.2) is 47.9 Å². The van der Waals surface area contributed by atoms with Crippen molar-refractivity contribution in [3.8, 4) is 0 Å². The number of benzene rings is 1. The number of likely N-dealkylation sites (tertiary alicyclic amines) is 1. The number of piperidine rings is 1. The topological polar surface area (TPSA) is 96.7 Å². The molecule has 9 heteroatoms. The summed E-state index contributed by atoms with van der Waals surface area (Å²) in [6.45, 7) is 1.11. The molecule has 1 fully saturated rings. The molecule has 0 aliphatic carbocycles. The minimum Gasteiger partial charge on any atom is -0.355 e. The van der Waals surface area contributed by atoms with Crippen LogP contribution in [-0.2, 0) is 21.9 Å². The van der Waals surface area contributed by atoms with Crippen molar-refractivity contribution in [2.75, 3.05) is 18.4 Å². The zero-order valence-electron chi connectivity index (χ0n) is 14.3. The van der Waals surface area contributed by atoms with E-state index in [1.165, 1.54) is 0 Å². The SMILES string of the molecule is Cn1ccc(NC(=O)[C@@H]2CCCN(C3=NS(=O)(=O)c4ccccc43)C2)n1. The van der Waals surface area contributed by atoms with E-state index in [-0.39, 0.29) is 16.7 Å². The van der Waals surface area contributed by atoms with Crippen molar-refractivity contribution >= 4 is 27.6 Å². The summed E-state index contributed by atoms with van der Waals surface area (Å²) in [5, 5.41) is 6.98. The van der Waals surface area contributed by atoms with E-state index in [0.29, 0.717) is 30.3 Å². The number of rotatable bonds is 2. The van der Waals surface area contributed by atoms with Crippen LogP contribution in [0, 0.1) is 5.92 Å². The molecule has 136 valence electrons. The van der Waals surface area contributed by atoms with Crippen LogP contribution in [0.1, 0.15) is 18.4 Å². The Kier molecular flexibility index (Phi) is 4.03. The largest absolute Gasteiger partial charge is 0.355 e. The minimum absolute atomic E-state index is 0.108. The molecule has 1 N–H and O–H groups in total. The molecule has 1 aromatic heterocycles. The van der Waals surface area contributed by atoms with E-state index >= 15 is 0 Å². The first-order valence-electron chi connectivity index (χ1n) is 8.44. The van der Waals surface area contributed by atoms with Gasteiger partial charge in [-0.05, 0) is 25.0 Å². The number of carbonyl (C=O) groups is 1. The molecule has 0 bridgehead atoms. The molecule has 1 saturated heterocycles. The normalized spacial score (nSPS) is 21.2. The monoisotopic (exact) mass is 373 g/mol. The molecule has 0 saturated carbocycles. The molecule has 4 rings (SSSR count). The summed E-state index contributed by atoms with van der Waals surface area (Å²) in [4.78, 5) is 14.7. The third-order valence-corrected chi connectivity index (χ3v) is 5.99. The van der Waals surface area contributed by atoms with Crippen LogP contribution in [0.4, 0.5) is 5.82 Å². The lowest BCUT2D eigenvalue weighted by molar-refractivity contribution is -0.121. The third kappa shape index (κ3) is 2.98. The van der Waals surface area contributed by atoms with Gasteiger partial charge in [0.15, 0.2) is 11.7 Å². The highest BCUT2D eigenvalue weighted by molar-refractivity contribution is 7.90. The zero-order valence-corrected chi connectivity index (χ0v) is 15.1. The number of aryl methyl sites for hydroxylation is 1. The lowest BCUT2D eigenvalue weighted by Gasteiger charge is -2.33. The summed E-state index contributed by atoms with van der Waals surface area (Å²) >= 11 is 0. The molecule has 2 aromatic rings. The van der Waals surface area contributed by atoms with Crippen LogP contribution in [0.2, 0.25) is 0 Å². The fraction of sp³-hybridized carbons (Fsp3) is 0.353. The molecular weight excluding hydrogens is 354 g/mol. The maximum absolute atomic E-state index is 12.6. The molecular formula is C17H19N5O3S. The van der Waals surface area contributed by atoms with Gasteiger partial charge in [-0.2, -0.15) is 13.5 Å². The predicted molar refractivity (Wildman–Crippen MR) is 96.3 cm³/mol. The molecule has 1 aromatic carbocycles. The van der Waals surface area contributed by atoms with Gasteiger partial charge in [-0.3, -0.25) is 9.48 Å². The summed E-state index contributed by atoms with van der Waals surface area (Å²) in [7, 11) is -1.87. The Balaban J connectivity index is 1.53. The highest BCUT2D eigenvalue weighted by Crippen LogP contribution is 2.29. The Morgan fingerprint density at radius 3 is 2.85 bits per heavy atom. The van der Waals surface area contributed by atoms with Crippen LogP contribution in [0.25, 0.3) is 0 Å². The van der Waals surface area contributed by atoms with Crippen molar-refractivity contribution in [2.24, 2.45) is 17.4 Å². The average molecular weight is 373 g/mol. The number of fused-ring (bicyclic) bond motifs is 1. The maximum Gasteiger partial charge on any atom is 0.285 e. The number of nitrogens with zero attached hydrogens (tertiary/aromatic N) is 4. The quantitative estimate of drug-likeness (QED) is 0.854. The smallest absolute Gasteiger partial charge is 0.285 e. The van der Waals surface area contributed by atoms with Crippen LogP contribution in [0.5, 0.6) is 0 Å². The highest BCUT2D eigenvalue weighted by atomic mass is 32.2. The predicted octanol–water partition coefficient (Wildman–Crippen LogP) is 1.22. The summed E-state index contributed by atoms with van der Waals surface area (Å²) in [6.07, 6.45) is 3.30. The minimum atomic E-state index is -3.65. The van der Waals surface area contributed by atoms with Gasteiger partial charge in [-0.1, -0.05) is 12.1 Å². The number of anilines is 1.